The summed E-state index contributed by atoms with van der Waals surface area (Å²) in [6.07, 6.45) is 1.62. The van der Waals surface area contributed by atoms with Crippen molar-refractivity contribution in [1.29, 1.82) is 5.26 Å². The van der Waals surface area contributed by atoms with E-state index in [1.165, 1.54) is 0 Å². The van der Waals surface area contributed by atoms with E-state index in [4.69, 9.17) is 10.00 Å². The first-order valence-corrected chi connectivity index (χ1v) is 7.46. The molecule has 2 aromatic rings. The minimum Gasteiger partial charge on any atom is -0.489 e. The van der Waals surface area contributed by atoms with Crippen molar-refractivity contribution >= 4 is 31.9 Å². The number of nitriles is 1. The van der Waals surface area contributed by atoms with E-state index in [0.29, 0.717) is 12.3 Å². The summed E-state index contributed by atoms with van der Waals surface area (Å²) in [5.74, 6) is 0.829. The fourth-order valence-electron chi connectivity index (χ4n) is 1.58. The number of halogens is 2. The fraction of sp³-hybridized carbons (Fsp3) is 0.143. The summed E-state index contributed by atoms with van der Waals surface area (Å²) in [5.41, 5.74) is 2.40. The molecule has 0 aliphatic rings. The molecule has 5 heteroatoms. The van der Waals surface area contributed by atoms with E-state index in [1.807, 2.05) is 30.3 Å². The molecule has 0 aliphatic heterocycles. The molecule has 3 nitrogen and oxygen atoms in total. The van der Waals surface area contributed by atoms with Gasteiger partial charge in [0.05, 0.1) is 0 Å². The average Bonchev–Trinajstić information content (AvgIpc) is 2.46. The second-order valence-electron chi connectivity index (χ2n) is 3.84. The summed E-state index contributed by atoms with van der Waals surface area (Å²) < 4.78 is 6.80. The molecule has 1 aromatic carbocycles. The summed E-state index contributed by atoms with van der Waals surface area (Å²) in [6, 6.07) is 11.5. The van der Waals surface area contributed by atoms with Crippen molar-refractivity contribution in [3.63, 3.8) is 0 Å². The molecule has 0 saturated carbocycles. The molecule has 0 atom stereocenters. The molecule has 0 aliphatic carbocycles. The Hall–Kier alpha value is -1.38. The molecule has 0 N–H and O–H groups in total. The maximum absolute atomic E-state index is 8.80. The average molecular weight is 382 g/mol. The Morgan fingerprint density at radius 2 is 2.11 bits per heavy atom. The van der Waals surface area contributed by atoms with Crippen LogP contribution in [0.25, 0.3) is 0 Å². The zero-order chi connectivity index (χ0) is 13.7. The lowest BCUT2D eigenvalue weighted by Crippen LogP contribution is -1.99. The smallest absolute Gasteiger partial charge is 0.140 e. The Balaban J connectivity index is 2.12. The molecule has 19 heavy (non-hydrogen) atoms. The quantitative estimate of drug-likeness (QED) is 0.746. The highest BCUT2D eigenvalue weighted by Gasteiger charge is 2.04. The Labute approximate surface area is 128 Å². The van der Waals surface area contributed by atoms with Crippen LogP contribution in [0, 0.1) is 11.3 Å². The predicted molar refractivity (Wildman–Crippen MR) is 80.1 cm³/mol. The molecule has 1 heterocycles. The minimum absolute atomic E-state index is 0.401. The normalized spacial score (nSPS) is 9.95. The van der Waals surface area contributed by atoms with Crippen LogP contribution < -0.4 is 4.74 Å². The molecule has 0 unspecified atom stereocenters. The molecule has 0 amide bonds. The van der Waals surface area contributed by atoms with Gasteiger partial charge in [-0.25, -0.2) is 4.98 Å². The third kappa shape index (κ3) is 3.79. The SMILES string of the molecule is N#Cc1cc(COc2ccc(Br)cc2CBr)ccn1. The van der Waals surface area contributed by atoms with Crippen LogP contribution in [0.5, 0.6) is 5.75 Å². The number of pyridine rings is 1. The number of hydrogen-bond donors (Lipinski definition) is 0. The predicted octanol–water partition coefficient (Wildman–Crippen LogP) is 4.19. The van der Waals surface area contributed by atoms with Gasteiger partial charge in [0.2, 0.25) is 0 Å². The second kappa shape index (κ2) is 6.69. The van der Waals surface area contributed by atoms with Crippen molar-refractivity contribution in [1.82, 2.24) is 4.98 Å². The van der Waals surface area contributed by atoms with E-state index < -0.39 is 0 Å². The summed E-state index contributed by atoms with van der Waals surface area (Å²) >= 11 is 6.87. The van der Waals surface area contributed by atoms with Gasteiger partial charge in [-0.2, -0.15) is 5.26 Å². The van der Waals surface area contributed by atoms with Gasteiger partial charge in [-0.3, -0.25) is 0 Å². The van der Waals surface area contributed by atoms with Gasteiger partial charge >= 0.3 is 0 Å². The van der Waals surface area contributed by atoms with Gasteiger partial charge in [0.15, 0.2) is 0 Å². The summed E-state index contributed by atoms with van der Waals surface area (Å²) in [4.78, 5) is 3.93. The molecule has 0 spiro atoms. The first-order valence-electron chi connectivity index (χ1n) is 5.55. The van der Waals surface area contributed by atoms with E-state index >= 15 is 0 Å². The van der Waals surface area contributed by atoms with Crippen LogP contribution in [0.4, 0.5) is 0 Å². The lowest BCUT2D eigenvalue weighted by Gasteiger charge is -2.10. The molecule has 0 bridgehead atoms. The molecule has 0 fully saturated rings. The monoisotopic (exact) mass is 380 g/mol. The van der Waals surface area contributed by atoms with Crippen LogP contribution in [-0.4, -0.2) is 4.98 Å². The Morgan fingerprint density at radius 3 is 2.84 bits per heavy atom. The number of alkyl halides is 1. The van der Waals surface area contributed by atoms with Gasteiger partial charge in [-0.15, -0.1) is 0 Å². The van der Waals surface area contributed by atoms with Crippen molar-refractivity contribution in [3.8, 4) is 11.8 Å². The number of rotatable bonds is 4. The van der Waals surface area contributed by atoms with E-state index in [1.54, 1.807) is 12.3 Å². The number of hydrogen-bond acceptors (Lipinski definition) is 3. The second-order valence-corrected chi connectivity index (χ2v) is 5.31. The molecule has 2 rings (SSSR count). The zero-order valence-corrected chi connectivity index (χ0v) is 13.1. The van der Waals surface area contributed by atoms with Crippen molar-refractivity contribution < 1.29 is 4.74 Å². The van der Waals surface area contributed by atoms with Crippen LogP contribution >= 0.6 is 31.9 Å². The minimum atomic E-state index is 0.401. The third-order valence-electron chi connectivity index (χ3n) is 2.50. The summed E-state index contributed by atoms with van der Waals surface area (Å²) in [6.45, 7) is 0.416. The van der Waals surface area contributed by atoms with Crippen molar-refractivity contribution in [2.24, 2.45) is 0 Å². The van der Waals surface area contributed by atoms with Crippen LogP contribution in [0.3, 0.4) is 0 Å². The van der Waals surface area contributed by atoms with E-state index in [9.17, 15) is 0 Å². The number of benzene rings is 1. The van der Waals surface area contributed by atoms with Crippen molar-refractivity contribution in [2.75, 3.05) is 0 Å². The zero-order valence-electron chi connectivity index (χ0n) is 9.94. The van der Waals surface area contributed by atoms with Crippen LogP contribution in [0.15, 0.2) is 41.0 Å². The Kier molecular flexibility index (Phi) is 4.94. The highest BCUT2D eigenvalue weighted by Crippen LogP contribution is 2.26. The number of ether oxygens (including phenoxy) is 1. The lowest BCUT2D eigenvalue weighted by atomic mass is 10.2. The van der Waals surface area contributed by atoms with Crippen LogP contribution in [0.2, 0.25) is 0 Å². The summed E-state index contributed by atoms with van der Waals surface area (Å²) in [7, 11) is 0. The lowest BCUT2D eigenvalue weighted by molar-refractivity contribution is 0.303. The molecule has 0 saturated heterocycles. The maximum Gasteiger partial charge on any atom is 0.140 e. The highest BCUT2D eigenvalue weighted by molar-refractivity contribution is 9.10. The first-order chi connectivity index (χ1) is 9.22. The summed E-state index contributed by atoms with van der Waals surface area (Å²) in [5, 5.41) is 9.52. The molecule has 1 aromatic heterocycles. The largest absolute Gasteiger partial charge is 0.489 e. The number of aromatic nitrogens is 1. The molecule has 0 radical (unpaired) electrons. The van der Waals surface area contributed by atoms with E-state index in [-0.39, 0.29) is 0 Å². The van der Waals surface area contributed by atoms with Gasteiger partial charge in [0.1, 0.15) is 24.1 Å². The fourth-order valence-corrected chi connectivity index (χ4v) is 2.43. The van der Waals surface area contributed by atoms with Gasteiger partial charge in [-0.1, -0.05) is 31.9 Å². The number of nitrogens with zero attached hydrogens (tertiary/aromatic N) is 2. The van der Waals surface area contributed by atoms with Gasteiger partial charge in [-0.05, 0) is 35.9 Å². The Bertz CT molecular complexity index is 623. The molecular formula is C14H10Br2N2O. The first kappa shape index (κ1) is 14.0. The van der Waals surface area contributed by atoms with Crippen LogP contribution in [0.1, 0.15) is 16.8 Å². The maximum atomic E-state index is 8.80. The van der Waals surface area contributed by atoms with Crippen LogP contribution in [-0.2, 0) is 11.9 Å². The van der Waals surface area contributed by atoms with E-state index in [0.717, 1.165) is 26.7 Å². The molecular weight excluding hydrogens is 372 g/mol. The van der Waals surface area contributed by atoms with Gasteiger partial charge in [0, 0.05) is 21.6 Å². The topological polar surface area (TPSA) is 45.9 Å². The highest BCUT2D eigenvalue weighted by atomic mass is 79.9. The third-order valence-corrected chi connectivity index (χ3v) is 3.60. The van der Waals surface area contributed by atoms with Crippen molar-refractivity contribution in [3.05, 3.63) is 57.8 Å². The standard InChI is InChI=1S/C14H10Br2N2O/c15-7-11-6-12(16)1-2-14(11)19-9-10-3-4-18-13(5-10)8-17/h1-6H,7,9H2. The van der Waals surface area contributed by atoms with Crippen molar-refractivity contribution in [2.45, 2.75) is 11.9 Å². The Morgan fingerprint density at radius 1 is 1.26 bits per heavy atom. The van der Waals surface area contributed by atoms with Gasteiger partial charge in [0.25, 0.3) is 0 Å². The van der Waals surface area contributed by atoms with Gasteiger partial charge < -0.3 is 4.74 Å². The molecule has 96 valence electrons. The van der Waals surface area contributed by atoms with E-state index in [2.05, 4.69) is 36.8 Å².